The first-order chi connectivity index (χ1) is 11.7. The molecule has 24 heavy (non-hydrogen) atoms. The van der Waals surface area contributed by atoms with Crippen LogP contribution in [0.4, 0.5) is 11.4 Å². The normalized spacial score (nSPS) is 14.5. The van der Waals surface area contributed by atoms with Crippen molar-refractivity contribution in [2.75, 3.05) is 37.0 Å². The van der Waals surface area contributed by atoms with Crippen molar-refractivity contribution in [3.05, 3.63) is 30.2 Å². The lowest BCUT2D eigenvalue weighted by molar-refractivity contribution is 0.326. The topological polar surface area (TPSA) is 50.3 Å². The van der Waals surface area contributed by atoms with E-state index in [9.17, 15) is 0 Å². The van der Waals surface area contributed by atoms with E-state index in [0.29, 0.717) is 6.61 Å². The van der Waals surface area contributed by atoms with Crippen molar-refractivity contribution in [2.45, 2.75) is 33.1 Å². The molecule has 2 aromatic rings. The molecule has 128 valence electrons. The molecule has 1 aliphatic rings. The van der Waals surface area contributed by atoms with Crippen LogP contribution >= 0.6 is 0 Å². The van der Waals surface area contributed by atoms with Crippen molar-refractivity contribution < 1.29 is 4.74 Å². The zero-order valence-corrected chi connectivity index (χ0v) is 14.8. The smallest absolute Gasteiger partial charge is 0.237 e. The quantitative estimate of drug-likeness (QED) is 0.903. The van der Waals surface area contributed by atoms with Crippen LogP contribution in [0.15, 0.2) is 24.5 Å². The number of nitrogens with zero attached hydrogens (tertiary/aromatic N) is 3. The van der Waals surface area contributed by atoms with Crippen molar-refractivity contribution >= 4 is 11.4 Å². The minimum Gasteiger partial charge on any atom is -0.476 e. The van der Waals surface area contributed by atoms with Crippen LogP contribution in [-0.2, 0) is 0 Å². The molecule has 0 radical (unpaired) electrons. The molecule has 5 heteroatoms. The lowest BCUT2D eigenvalue weighted by atomic mass is 10.0. The summed E-state index contributed by atoms with van der Waals surface area (Å²) >= 11 is 0. The Morgan fingerprint density at radius 3 is 2.62 bits per heavy atom. The molecule has 0 aromatic carbocycles. The van der Waals surface area contributed by atoms with Gasteiger partial charge >= 0.3 is 0 Å². The molecule has 0 atom stereocenters. The van der Waals surface area contributed by atoms with Crippen molar-refractivity contribution in [1.29, 1.82) is 0 Å². The van der Waals surface area contributed by atoms with Gasteiger partial charge in [0.1, 0.15) is 5.69 Å². The zero-order chi connectivity index (χ0) is 16.9. The first kappa shape index (κ1) is 16.6. The third-order valence-corrected chi connectivity index (χ3v) is 4.50. The second kappa shape index (κ2) is 7.51. The number of hydrogen-bond acceptors (Lipinski definition) is 5. The average Bonchev–Trinajstić information content (AvgIpc) is 2.63. The van der Waals surface area contributed by atoms with Gasteiger partial charge in [-0.05, 0) is 45.2 Å². The molecular weight excluding hydrogens is 300 g/mol. The maximum atomic E-state index is 5.78. The van der Waals surface area contributed by atoms with Crippen LogP contribution in [0.25, 0.3) is 11.1 Å². The Hall–Kier alpha value is -2.30. The molecular formula is C19H26N4O. The van der Waals surface area contributed by atoms with Crippen molar-refractivity contribution in [2.24, 2.45) is 0 Å². The highest BCUT2D eigenvalue weighted by Gasteiger charge is 2.18. The predicted molar refractivity (Wildman–Crippen MR) is 99.0 cm³/mol. The van der Waals surface area contributed by atoms with Gasteiger partial charge in [-0.25, -0.2) is 4.98 Å². The monoisotopic (exact) mass is 326 g/mol. The molecule has 0 aliphatic carbocycles. The maximum Gasteiger partial charge on any atom is 0.237 e. The van der Waals surface area contributed by atoms with Crippen LogP contribution in [0, 0.1) is 6.92 Å². The van der Waals surface area contributed by atoms with Crippen LogP contribution in [-0.4, -0.2) is 36.7 Å². The summed E-state index contributed by atoms with van der Waals surface area (Å²) < 4.78 is 5.78. The molecule has 5 nitrogen and oxygen atoms in total. The summed E-state index contributed by atoms with van der Waals surface area (Å²) in [7, 11) is 1.91. The average molecular weight is 326 g/mol. The van der Waals surface area contributed by atoms with Gasteiger partial charge in [0, 0.05) is 43.2 Å². The van der Waals surface area contributed by atoms with Gasteiger partial charge in [-0.2, -0.15) is 0 Å². The Morgan fingerprint density at radius 2 is 1.92 bits per heavy atom. The standard InChI is InChI=1S/C19H26N4O/c1-4-24-19-18(23-8-6-5-7-9-23)10-15(12-22-19)17-11-16(20-3)13-21-14(17)2/h10-13,20H,4-9H2,1-3H3. The number of anilines is 2. The summed E-state index contributed by atoms with van der Waals surface area (Å²) in [6, 6.07) is 4.33. The fourth-order valence-electron chi connectivity index (χ4n) is 3.16. The summed E-state index contributed by atoms with van der Waals surface area (Å²) in [6.45, 7) is 6.80. The van der Waals surface area contributed by atoms with E-state index in [0.717, 1.165) is 47.2 Å². The number of rotatable bonds is 5. The highest BCUT2D eigenvalue weighted by Crippen LogP contribution is 2.34. The van der Waals surface area contributed by atoms with Gasteiger partial charge in [0.05, 0.1) is 18.5 Å². The van der Waals surface area contributed by atoms with E-state index < -0.39 is 0 Å². The Bertz CT molecular complexity index is 696. The summed E-state index contributed by atoms with van der Waals surface area (Å²) in [5.74, 6) is 0.735. The molecule has 0 bridgehead atoms. The van der Waals surface area contributed by atoms with E-state index in [1.807, 2.05) is 33.3 Å². The van der Waals surface area contributed by atoms with E-state index in [1.165, 1.54) is 19.3 Å². The molecule has 2 aromatic heterocycles. The molecule has 1 fully saturated rings. The molecule has 0 spiro atoms. The van der Waals surface area contributed by atoms with E-state index in [1.54, 1.807) is 0 Å². The minimum absolute atomic E-state index is 0.628. The maximum absolute atomic E-state index is 5.78. The fourth-order valence-corrected chi connectivity index (χ4v) is 3.16. The lowest BCUT2D eigenvalue weighted by Crippen LogP contribution is -2.30. The van der Waals surface area contributed by atoms with Crippen LogP contribution in [0.5, 0.6) is 5.88 Å². The Balaban J connectivity index is 2.03. The Morgan fingerprint density at radius 1 is 1.12 bits per heavy atom. The lowest BCUT2D eigenvalue weighted by Gasteiger charge is -2.30. The van der Waals surface area contributed by atoms with E-state index in [2.05, 4.69) is 32.3 Å². The van der Waals surface area contributed by atoms with Crippen molar-refractivity contribution in [3.8, 4) is 17.0 Å². The van der Waals surface area contributed by atoms with Gasteiger partial charge in [0.15, 0.2) is 0 Å². The zero-order valence-electron chi connectivity index (χ0n) is 14.8. The van der Waals surface area contributed by atoms with Gasteiger partial charge in [-0.3, -0.25) is 4.98 Å². The predicted octanol–water partition coefficient (Wildman–Crippen LogP) is 3.88. The summed E-state index contributed by atoms with van der Waals surface area (Å²) in [6.07, 6.45) is 7.51. The third-order valence-electron chi connectivity index (χ3n) is 4.50. The van der Waals surface area contributed by atoms with Crippen LogP contribution < -0.4 is 15.0 Å². The molecule has 3 rings (SSSR count). The molecule has 1 saturated heterocycles. The summed E-state index contributed by atoms with van der Waals surface area (Å²) in [5, 5.41) is 3.16. The second-order valence-corrected chi connectivity index (χ2v) is 6.14. The second-order valence-electron chi connectivity index (χ2n) is 6.14. The van der Waals surface area contributed by atoms with Gasteiger partial charge in [-0.1, -0.05) is 0 Å². The summed E-state index contributed by atoms with van der Waals surface area (Å²) in [4.78, 5) is 11.5. The minimum atomic E-state index is 0.628. The van der Waals surface area contributed by atoms with Crippen LogP contribution in [0.3, 0.4) is 0 Å². The van der Waals surface area contributed by atoms with E-state index in [4.69, 9.17) is 4.74 Å². The largest absolute Gasteiger partial charge is 0.476 e. The highest BCUT2D eigenvalue weighted by molar-refractivity contribution is 5.74. The van der Waals surface area contributed by atoms with Gasteiger partial charge in [-0.15, -0.1) is 0 Å². The van der Waals surface area contributed by atoms with Crippen molar-refractivity contribution in [3.63, 3.8) is 0 Å². The van der Waals surface area contributed by atoms with E-state index in [-0.39, 0.29) is 0 Å². The number of piperidine rings is 1. The summed E-state index contributed by atoms with van der Waals surface area (Å²) in [5.41, 5.74) is 5.30. The molecule has 3 heterocycles. The third kappa shape index (κ3) is 3.45. The Labute approximate surface area is 144 Å². The highest BCUT2D eigenvalue weighted by atomic mass is 16.5. The SMILES string of the molecule is CCOc1ncc(-c2cc(NC)cnc2C)cc1N1CCCCC1. The number of hydrogen-bond donors (Lipinski definition) is 1. The molecule has 0 amide bonds. The molecule has 1 aliphatic heterocycles. The van der Waals surface area contributed by atoms with Gasteiger partial charge < -0.3 is 15.0 Å². The first-order valence-electron chi connectivity index (χ1n) is 8.75. The van der Waals surface area contributed by atoms with E-state index >= 15 is 0 Å². The molecule has 0 saturated carbocycles. The number of ether oxygens (including phenoxy) is 1. The first-order valence-corrected chi connectivity index (χ1v) is 8.75. The van der Waals surface area contributed by atoms with Gasteiger partial charge in [0.25, 0.3) is 0 Å². The van der Waals surface area contributed by atoms with Gasteiger partial charge in [0.2, 0.25) is 5.88 Å². The number of pyridine rings is 2. The number of nitrogens with one attached hydrogen (secondary N) is 1. The number of aryl methyl sites for hydroxylation is 1. The number of aromatic nitrogens is 2. The Kier molecular flexibility index (Phi) is 5.18. The van der Waals surface area contributed by atoms with Crippen LogP contribution in [0.1, 0.15) is 31.9 Å². The fraction of sp³-hybridized carbons (Fsp3) is 0.474. The van der Waals surface area contributed by atoms with Crippen molar-refractivity contribution in [1.82, 2.24) is 9.97 Å². The van der Waals surface area contributed by atoms with Crippen LogP contribution in [0.2, 0.25) is 0 Å². The molecule has 1 N–H and O–H groups in total. The molecule has 0 unspecified atom stereocenters.